The van der Waals surface area contributed by atoms with Gasteiger partial charge in [0.25, 0.3) is 0 Å². The second kappa shape index (κ2) is 11.4. The molecule has 0 fully saturated rings. The molecule has 7 nitrogen and oxygen atoms in total. The number of hydrogen-bond acceptors (Lipinski definition) is 5. The maximum atomic E-state index is 5.81. The smallest absolute Gasteiger partial charge is 0.170 e. The predicted molar refractivity (Wildman–Crippen MR) is 113 cm³/mol. The summed E-state index contributed by atoms with van der Waals surface area (Å²) >= 11 is 5.37. The molecule has 148 valence electrons. The summed E-state index contributed by atoms with van der Waals surface area (Å²) in [7, 11) is 1.63. The first-order valence-electron chi connectivity index (χ1n) is 9.16. The molecule has 0 radical (unpaired) electrons. The zero-order chi connectivity index (χ0) is 19.5. The number of benzene rings is 1. The van der Waals surface area contributed by atoms with Gasteiger partial charge >= 0.3 is 0 Å². The van der Waals surface area contributed by atoms with E-state index >= 15 is 0 Å². The third kappa shape index (κ3) is 7.07. The molecule has 0 amide bonds. The van der Waals surface area contributed by atoms with Crippen LogP contribution in [0, 0.1) is 6.92 Å². The Hall–Kier alpha value is -2.32. The molecule has 27 heavy (non-hydrogen) atoms. The third-order valence-corrected chi connectivity index (χ3v) is 4.31. The number of methoxy groups -OCH3 is 1. The standard InChI is InChI=1S/C19H29N5O2S/c1-15-13-21-14-24(15)10-5-9-22-19(27)23-16-6-7-17(25-2)18(12-16)26-11-4-3-8-20/h6-7,12-14H,3-5,8-11,20H2,1-2H3,(H2,22,23,27). The molecule has 0 atom stereocenters. The summed E-state index contributed by atoms with van der Waals surface area (Å²) in [6, 6.07) is 5.67. The summed E-state index contributed by atoms with van der Waals surface area (Å²) in [6.45, 7) is 5.01. The number of anilines is 1. The van der Waals surface area contributed by atoms with Gasteiger partial charge in [-0.3, -0.25) is 0 Å². The van der Waals surface area contributed by atoms with Crippen molar-refractivity contribution in [3.05, 3.63) is 36.4 Å². The van der Waals surface area contributed by atoms with E-state index in [-0.39, 0.29) is 0 Å². The Morgan fingerprint density at radius 2 is 2.11 bits per heavy atom. The van der Waals surface area contributed by atoms with E-state index in [1.807, 2.05) is 37.6 Å². The van der Waals surface area contributed by atoms with Gasteiger partial charge in [0.05, 0.1) is 20.0 Å². The molecule has 4 N–H and O–H groups in total. The quantitative estimate of drug-likeness (QED) is 0.401. The molecule has 2 aromatic rings. The lowest BCUT2D eigenvalue weighted by Crippen LogP contribution is -2.29. The average molecular weight is 392 g/mol. The van der Waals surface area contributed by atoms with E-state index < -0.39 is 0 Å². The number of rotatable bonds is 11. The summed E-state index contributed by atoms with van der Waals surface area (Å²) in [5.41, 5.74) is 7.53. The van der Waals surface area contributed by atoms with Crippen LogP contribution in [-0.2, 0) is 6.54 Å². The Balaban J connectivity index is 1.79. The largest absolute Gasteiger partial charge is 0.493 e. The summed E-state index contributed by atoms with van der Waals surface area (Å²) < 4.78 is 13.3. The number of imidazole rings is 1. The first-order chi connectivity index (χ1) is 13.1. The van der Waals surface area contributed by atoms with E-state index in [1.165, 1.54) is 0 Å². The topological polar surface area (TPSA) is 86.4 Å². The maximum absolute atomic E-state index is 5.81. The number of ether oxygens (including phenoxy) is 2. The molecule has 0 bridgehead atoms. The number of nitrogens with zero attached hydrogens (tertiary/aromatic N) is 2. The van der Waals surface area contributed by atoms with Crippen molar-refractivity contribution in [3.63, 3.8) is 0 Å². The zero-order valence-corrected chi connectivity index (χ0v) is 16.8. The number of aromatic nitrogens is 2. The van der Waals surface area contributed by atoms with Crippen LogP contribution in [-0.4, -0.2) is 41.5 Å². The molecule has 0 aliphatic heterocycles. The van der Waals surface area contributed by atoms with Crippen LogP contribution in [0.1, 0.15) is 25.0 Å². The lowest BCUT2D eigenvalue weighted by atomic mass is 10.2. The number of nitrogens with two attached hydrogens (primary N) is 1. The molecule has 0 unspecified atom stereocenters. The molecule has 0 saturated carbocycles. The maximum Gasteiger partial charge on any atom is 0.170 e. The Morgan fingerprint density at radius 3 is 2.81 bits per heavy atom. The number of aryl methyl sites for hydroxylation is 2. The Morgan fingerprint density at radius 1 is 1.26 bits per heavy atom. The van der Waals surface area contributed by atoms with Gasteiger partial charge in [0.15, 0.2) is 16.6 Å². The minimum atomic E-state index is 0.580. The van der Waals surface area contributed by atoms with Crippen LogP contribution in [0.25, 0.3) is 0 Å². The minimum Gasteiger partial charge on any atom is -0.493 e. The summed E-state index contributed by atoms with van der Waals surface area (Å²) in [6.07, 6.45) is 6.51. The van der Waals surface area contributed by atoms with Crippen molar-refractivity contribution in [3.8, 4) is 11.5 Å². The highest BCUT2D eigenvalue weighted by molar-refractivity contribution is 7.80. The molecule has 0 saturated heterocycles. The van der Waals surface area contributed by atoms with Crippen LogP contribution in [0.4, 0.5) is 5.69 Å². The molecule has 1 heterocycles. The van der Waals surface area contributed by atoms with Crippen molar-refractivity contribution in [1.29, 1.82) is 0 Å². The third-order valence-electron chi connectivity index (χ3n) is 4.06. The fraction of sp³-hybridized carbons (Fsp3) is 0.474. The van der Waals surface area contributed by atoms with Gasteiger partial charge in [0.2, 0.25) is 0 Å². The molecule has 1 aromatic heterocycles. The zero-order valence-electron chi connectivity index (χ0n) is 16.0. The van der Waals surface area contributed by atoms with E-state index in [4.69, 9.17) is 27.4 Å². The molecular formula is C19H29N5O2S. The SMILES string of the molecule is COc1ccc(NC(=S)NCCCn2cncc2C)cc1OCCCCN. The van der Waals surface area contributed by atoms with Crippen molar-refractivity contribution in [2.24, 2.45) is 5.73 Å². The predicted octanol–water partition coefficient (Wildman–Crippen LogP) is 2.69. The molecule has 2 rings (SSSR count). The molecule has 0 aliphatic carbocycles. The summed E-state index contributed by atoms with van der Waals surface area (Å²) in [4.78, 5) is 4.12. The number of unbranched alkanes of at least 4 members (excludes halogenated alkanes) is 1. The van der Waals surface area contributed by atoms with Crippen molar-refractivity contribution >= 4 is 23.0 Å². The van der Waals surface area contributed by atoms with Gasteiger partial charge in [-0.15, -0.1) is 0 Å². The number of hydrogen-bond donors (Lipinski definition) is 3. The fourth-order valence-corrected chi connectivity index (χ4v) is 2.76. The Bertz CT molecular complexity index is 720. The molecule has 1 aromatic carbocycles. The minimum absolute atomic E-state index is 0.580. The highest BCUT2D eigenvalue weighted by Gasteiger charge is 2.07. The van der Waals surface area contributed by atoms with Crippen LogP contribution in [0.2, 0.25) is 0 Å². The van der Waals surface area contributed by atoms with E-state index in [0.29, 0.717) is 29.8 Å². The Labute approximate surface area is 166 Å². The lowest BCUT2D eigenvalue weighted by molar-refractivity contribution is 0.287. The van der Waals surface area contributed by atoms with Crippen molar-refractivity contribution < 1.29 is 9.47 Å². The molecule has 8 heteroatoms. The lowest BCUT2D eigenvalue weighted by Gasteiger charge is -2.14. The van der Waals surface area contributed by atoms with Crippen molar-refractivity contribution in [2.45, 2.75) is 32.7 Å². The van der Waals surface area contributed by atoms with Crippen LogP contribution < -0.4 is 25.8 Å². The van der Waals surface area contributed by atoms with Crippen LogP contribution in [0.15, 0.2) is 30.7 Å². The van der Waals surface area contributed by atoms with E-state index in [0.717, 1.165) is 43.7 Å². The fourth-order valence-electron chi connectivity index (χ4n) is 2.54. The summed E-state index contributed by atoms with van der Waals surface area (Å²) in [5, 5.41) is 6.99. The first kappa shape index (κ1) is 21.0. The Kier molecular flexibility index (Phi) is 8.86. The van der Waals surface area contributed by atoms with E-state index in [1.54, 1.807) is 7.11 Å². The van der Waals surface area contributed by atoms with Gasteiger partial charge in [-0.05, 0) is 57.1 Å². The highest BCUT2D eigenvalue weighted by Crippen LogP contribution is 2.30. The van der Waals surface area contributed by atoms with Crippen LogP contribution in [0.5, 0.6) is 11.5 Å². The molecular weight excluding hydrogens is 362 g/mol. The van der Waals surface area contributed by atoms with Crippen molar-refractivity contribution in [1.82, 2.24) is 14.9 Å². The van der Waals surface area contributed by atoms with Gasteiger partial charge < -0.3 is 30.4 Å². The van der Waals surface area contributed by atoms with Crippen molar-refractivity contribution in [2.75, 3.05) is 32.1 Å². The van der Waals surface area contributed by atoms with Gasteiger partial charge in [-0.1, -0.05) is 0 Å². The second-order valence-corrected chi connectivity index (χ2v) is 6.58. The van der Waals surface area contributed by atoms with Gasteiger partial charge in [0, 0.05) is 36.7 Å². The van der Waals surface area contributed by atoms with E-state index in [9.17, 15) is 0 Å². The molecule has 0 spiro atoms. The summed E-state index contributed by atoms with van der Waals surface area (Å²) in [5.74, 6) is 1.39. The van der Waals surface area contributed by atoms with Gasteiger partial charge in [-0.25, -0.2) is 4.98 Å². The number of nitrogens with one attached hydrogen (secondary N) is 2. The average Bonchev–Trinajstić information content (AvgIpc) is 3.07. The van der Waals surface area contributed by atoms with Gasteiger partial charge in [-0.2, -0.15) is 0 Å². The highest BCUT2D eigenvalue weighted by atomic mass is 32.1. The van der Waals surface area contributed by atoms with Crippen LogP contribution >= 0.6 is 12.2 Å². The van der Waals surface area contributed by atoms with E-state index in [2.05, 4.69) is 20.2 Å². The first-order valence-corrected chi connectivity index (χ1v) is 9.57. The monoisotopic (exact) mass is 391 g/mol. The normalized spacial score (nSPS) is 10.5. The van der Waals surface area contributed by atoms with Crippen LogP contribution in [0.3, 0.4) is 0 Å². The number of thiocarbonyl (C=S) groups is 1. The van der Waals surface area contributed by atoms with Gasteiger partial charge in [0.1, 0.15) is 0 Å². The second-order valence-electron chi connectivity index (χ2n) is 6.17. The molecule has 0 aliphatic rings.